The predicted molar refractivity (Wildman–Crippen MR) is 64.3 cm³/mol. The third kappa shape index (κ3) is 3.56. The minimum atomic E-state index is 0.552. The molecule has 1 rings (SSSR count). The predicted octanol–water partition coefficient (Wildman–Crippen LogP) is 2.26. The van der Waals surface area contributed by atoms with Crippen molar-refractivity contribution in [2.75, 3.05) is 13.7 Å². The van der Waals surface area contributed by atoms with Crippen LogP contribution in [0.3, 0.4) is 0 Å². The molecule has 0 saturated heterocycles. The van der Waals surface area contributed by atoms with Gasteiger partial charge in [0.2, 0.25) is 0 Å². The summed E-state index contributed by atoms with van der Waals surface area (Å²) in [5, 5.41) is 11.6. The molecule has 3 heteroatoms. The molecule has 0 amide bonds. The van der Waals surface area contributed by atoms with E-state index in [4.69, 9.17) is 10.00 Å². The molecule has 0 fully saturated rings. The van der Waals surface area contributed by atoms with Crippen LogP contribution in [0.15, 0.2) is 18.2 Å². The van der Waals surface area contributed by atoms with E-state index in [0.29, 0.717) is 6.42 Å². The summed E-state index contributed by atoms with van der Waals surface area (Å²) in [7, 11) is 1.69. The quantitative estimate of drug-likeness (QED) is 0.745. The smallest absolute Gasteiger partial charge is 0.122 e. The highest BCUT2D eigenvalue weighted by molar-refractivity contribution is 5.37. The fraction of sp³-hybridized carbons (Fsp3) is 0.462. The summed E-state index contributed by atoms with van der Waals surface area (Å²) in [5.74, 6) is 0.947. The molecule has 3 nitrogen and oxygen atoms in total. The third-order valence-corrected chi connectivity index (χ3v) is 2.47. The summed E-state index contributed by atoms with van der Waals surface area (Å²) in [6.07, 6.45) is 1.52. The molecule has 1 aromatic carbocycles. The maximum absolute atomic E-state index is 8.41. The van der Waals surface area contributed by atoms with Gasteiger partial charge in [-0.25, -0.2) is 0 Å². The van der Waals surface area contributed by atoms with Gasteiger partial charge in [-0.3, -0.25) is 0 Å². The van der Waals surface area contributed by atoms with Gasteiger partial charge in [0.15, 0.2) is 0 Å². The summed E-state index contributed by atoms with van der Waals surface area (Å²) in [5.41, 5.74) is 2.46. The molecule has 0 atom stereocenters. The lowest BCUT2D eigenvalue weighted by atomic mass is 10.1. The molecule has 0 aromatic heterocycles. The average molecular weight is 218 g/mol. The van der Waals surface area contributed by atoms with Crippen LogP contribution in [0.2, 0.25) is 0 Å². The first-order valence-corrected chi connectivity index (χ1v) is 5.55. The van der Waals surface area contributed by atoms with Crippen molar-refractivity contribution >= 4 is 0 Å². The topological polar surface area (TPSA) is 45.0 Å². The lowest BCUT2D eigenvalue weighted by Gasteiger charge is -2.09. The molecule has 0 saturated carbocycles. The van der Waals surface area contributed by atoms with Gasteiger partial charge in [-0.2, -0.15) is 5.26 Å². The van der Waals surface area contributed by atoms with Crippen molar-refractivity contribution in [1.29, 1.82) is 5.26 Å². The molecule has 16 heavy (non-hydrogen) atoms. The first kappa shape index (κ1) is 12.5. The highest BCUT2D eigenvalue weighted by atomic mass is 16.5. The van der Waals surface area contributed by atoms with Crippen molar-refractivity contribution in [3.05, 3.63) is 29.3 Å². The largest absolute Gasteiger partial charge is 0.496 e. The van der Waals surface area contributed by atoms with Crippen LogP contribution in [0.5, 0.6) is 5.75 Å². The number of hydrogen-bond acceptors (Lipinski definition) is 3. The lowest BCUT2D eigenvalue weighted by molar-refractivity contribution is 0.410. The minimum absolute atomic E-state index is 0.552. The van der Waals surface area contributed by atoms with Gasteiger partial charge in [-0.15, -0.1) is 0 Å². The van der Waals surface area contributed by atoms with E-state index in [9.17, 15) is 0 Å². The van der Waals surface area contributed by atoms with E-state index < -0.39 is 0 Å². The van der Waals surface area contributed by atoms with Gasteiger partial charge in [0.1, 0.15) is 5.75 Å². The van der Waals surface area contributed by atoms with Crippen molar-refractivity contribution < 1.29 is 4.74 Å². The Balaban J connectivity index is 2.58. The third-order valence-electron chi connectivity index (χ3n) is 2.47. The van der Waals surface area contributed by atoms with E-state index in [-0.39, 0.29) is 0 Å². The van der Waals surface area contributed by atoms with Gasteiger partial charge in [-0.1, -0.05) is 19.1 Å². The number of aryl methyl sites for hydroxylation is 1. The van der Waals surface area contributed by atoms with Crippen LogP contribution in [0.1, 0.15) is 24.5 Å². The van der Waals surface area contributed by atoms with Crippen molar-refractivity contribution in [2.45, 2.75) is 26.3 Å². The first-order valence-electron chi connectivity index (χ1n) is 5.55. The first-order chi connectivity index (χ1) is 7.81. The van der Waals surface area contributed by atoms with Gasteiger partial charge in [0.25, 0.3) is 0 Å². The van der Waals surface area contributed by atoms with Crippen LogP contribution >= 0.6 is 0 Å². The van der Waals surface area contributed by atoms with Crippen LogP contribution in [0.25, 0.3) is 0 Å². The SMILES string of the molecule is CCc1cc(CNCCC#N)ccc1OC. The van der Waals surface area contributed by atoms with E-state index in [1.807, 2.05) is 6.07 Å². The molecule has 0 spiro atoms. The van der Waals surface area contributed by atoms with E-state index in [0.717, 1.165) is 25.3 Å². The van der Waals surface area contributed by atoms with Gasteiger partial charge in [0, 0.05) is 19.5 Å². The number of ether oxygens (including phenoxy) is 1. The molecule has 0 aliphatic carbocycles. The zero-order chi connectivity index (χ0) is 11.8. The van der Waals surface area contributed by atoms with E-state index >= 15 is 0 Å². The average Bonchev–Trinajstić information content (AvgIpc) is 2.34. The highest BCUT2D eigenvalue weighted by Crippen LogP contribution is 2.20. The maximum Gasteiger partial charge on any atom is 0.122 e. The molecule has 0 radical (unpaired) electrons. The standard InChI is InChI=1S/C13H18N2O/c1-3-12-9-11(5-6-13(12)16-2)10-15-8-4-7-14/h5-6,9,15H,3-4,8,10H2,1-2H3. The summed E-state index contributed by atoms with van der Waals surface area (Å²) < 4.78 is 5.27. The zero-order valence-electron chi connectivity index (χ0n) is 9.92. The maximum atomic E-state index is 8.41. The molecule has 1 N–H and O–H groups in total. The van der Waals surface area contributed by atoms with Gasteiger partial charge in [0.05, 0.1) is 13.2 Å². The Morgan fingerprint density at radius 3 is 2.88 bits per heavy atom. The van der Waals surface area contributed by atoms with Gasteiger partial charge in [-0.05, 0) is 23.6 Å². The molecule has 0 aliphatic rings. The molecular weight excluding hydrogens is 200 g/mol. The molecule has 0 unspecified atom stereocenters. The number of hydrogen-bond donors (Lipinski definition) is 1. The second-order valence-electron chi connectivity index (χ2n) is 3.58. The summed E-state index contributed by atoms with van der Waals surface area (Å²) in [6, 6.07) is 8.32. The number of nitrogens with one attached hydrogen (secondary N) is 1. The normalized spacial score (nSPS) is 9.81. The van der Waals surface area contributed by atoms with Crippen molar-refractivity contribution in [3.63, 3.8) is 0 Å². The van der Waals surface area contributed by atoms with Crippen molar-refractivity contribution in [3.8, 4) is 11.8 Å². The Hall–Kier alpha value is -1.53. The highest BCUT2D eigenvalue weighted by Gasteiger charge is 2.01. The van der Waals surface area contributed by atoms with E-state index in [1.54, 1.807) is 7.11 Å². The molecule has 1 aromatic rings. The Morgan fingerprint density at radius 2 is 2.25 bits per heavy atom. The Kier molecular flexibility index (Phi) is 5.38. The van der Waals surface area contributed by atoms with Crippen molar-refractivity contribution in [2.24, 2.45) is 0 Å². The van der Waals surface area contributed by atoms with E-state index in [2.05, 4.69) is 30.4 Å². The molecule has 0 heterocycles. The minimum Gasteiger partial charge on any atom is -0.496 e. The monoisotopic (exact) mass is 218 g/mol. The van der Waals surface area contributed by atoms with Crippen LogP contribution < -0.4 is 10.1 Å². The number of nitriles is 1. The Bertz CT molecular complexity index is 369. The number of rotatable bonds is 6. The van der Waals surface area contributed by atoms with E-state index in [1.165, 1.54) is 11.1 Å². The molecule has 0 aliphatic heterocycles. The van der Waals surface area contributed by atoms with Gasteiger partial charge < -0.3 is 10.1 Å². The molecule has 86 valence electrons. The fourth-order valence-electron chi connectivity index (χ4n) is 1.60. The lowest BCUT2D eigenvalue weighted by Crippen LogP contribution is -2.14. The van der Waals surface area contributed by atoms with Crippen molar-refractivity contribution in [1.82, 2.24) is 5.32 Å². The van der Waals surface area contributed by atoms with Gasteiger partial charge >= 0.3 is 0 Å². The number of nitrogens with zero attached hydrogens (tertiary/aromatic N) is 1. The second kappa shape index (κ2) is 6.86. The number of methoxy groups -OCH3 is 1. The summed E-state index contributed by atoms with van der Waals surface area (Å²) in [6.45, 7) is 3.66. The second-order valence-corrected chi connectivity index (χ2v) is 3.58. The summed E-state index contributed by atoms with van der Waals surface area (Å²) >= 11 is 0. The van der Waals surface area contributed by atoms with Crippen LogP contribution in [-0.2, 0) is 13.0 Å². The fourth-order valence-corrected chi connectivity index (χ4v) is 1.60. The molecular formula is C13H18N2O. The molecule has 0 bridgehead atoms. The Morgan fingerprint density at radius 1 is 1.44 bits per heavy atom. The Labute approximate surface area is 97.0 Å². The van der Waals surface area contributed by atoms with Crippen LogP contribution in [0, 0.1) is 11.3 Å². The summed E-state index contributed by atoms with van der Waals surface area (Å²) in [4.78, 5) is 0. The zero-order valence-corrected chi connectivity index (χ0v) is 9.92. The van der Waals surface area contributed by atoms with Crippen LogP contribution in [0.4, 0.5) is 0 Å². The number of benzene rings is 1. The van der Waals surface area contributed by atoms with Crippen LogP contribution in [-0.4, -0.2) is 13.7 Å².